The van der Waals surface area contributed by atoms with Gasteiger partial charge in [-0.15, -0.1) is 0 Å². The first kappa shape index (κ1) is 20.6. The largest absolute Gasteiger partial charge is 0.497 e. The lowest BCUT2D eigenvalue weighted by molar-refractivity contribution is -0.123. The Balaban J connectivity index is 2.09. The zero-order valence-electron chi connectivity index (χ0n) is 16.4. The predicted molar refractivity (Wildman–Crippen MR) is 103 cm³/mol. The van der Waals surface area contributed by atoms with E-state index in [2.05, 4.69) is 5.32 Å². The van der Waals surface area contributed by atoms with Crippen molar-refractivity contribution in [2.75, 3.05) is 21.3 Å². The Hall–Kier alpha value is -2.73. The number of hydrogen-bond donors (Lipinski definition) is 2. The number of benzene rings is 2. The second kappa shape index (κ2) is 8.77. The maximum Gasteiger partial charge on any atom is 0.224 e. The lowest BCUT2D eigenvalue weighted by Gasteiger charge is -2.32. The number of aliphatic hydroxyl groups is 1. The second-order valence-corrected chi connectivity index (χ2v) is 6.82. The minimum absolute atomic E-state index is 0.161. The Labute approximate surface area is 160 Å². The van der Waals surface area contributed by atoms with E-state index < -0.39 is 11.6 Å². The van der Waals surface area contributed by atoms with Gasteiger partial charge in [-0.05, 0) is 49.2 Å². The summed E-state index contributed by atoms with van der Waals surface area (Å²) < 4.78 is 15.7. The van der Waals surface area contributed by atoms with Gasteiger partial charge in [-0.1, -0.05) is 18.2 Å². The number of nitrogens with one attached hydrogen (secondary N) is 1. The molecular weight excluding hydrogens is 346 g/mol. The van der Waals surface area contributed by atoms with Gasteiger partial charge in [0, 0.05) is 0 Å². The summed E-state index contributed by atoms with van der Waals surface area (Å²) in [7, 11) is 4.68. The molecule has 0 bridgehead atoms. The summed E-state index contributed by atoms with van der Waals surface area (Å²) in [5.74, 6) is 1.63. The van der Waals surface area contributed by atoms with Crippen LogP contribution in [0, 0.1) is 0 Å². The fraction of sp³-hybridized carbons (Fsp3) is 0.381. The fourth-order valence-electron chi connectivity index (χ4n) is 2.88. The third-order valence-electron chi connectivity index (χ3n) is 4.37. The van der Waals surface area contributed by atoms with Crippen molar-refractivity contribution in [3.63, 3.8) is 0 Å². The van der Waals surface area contributed by atoms with Gasteiger partial charge in [0.1, 0.15) is 11.9 Å². The number of aliphatic hydroxyl groups excluding tert-OH is 1. The van der Waals surface area contributed by atoms with Crippen molar-refractivity contribution < 1.29 is 24.1 Å². The van der Waals surface area contributed by atoms with Gasteiger partial charge >= 0.3 is 0 Å². The first-order chi connectivity index (χ1) is 12.8. The number of carbonyl (C=O) groups excluding carboxylic acids is 1. The molecule has 1 atom stereocenters. The highest BCUT2D eigenvalue weighted by Crippen LogP contribution is 2.29. The summed E-state index contributed by atoms with van der Waals surface area (Å²) in [6.45, 7) is 3.56. The van der Waals surface area contributed by atoms with Gasteiger partial charge in [0.2, 0.25) is 5.91 Å². The average molecular weight is 373 g/mol. The van der Waals surface area contributed by atoms with Crippen molar-refractivity contribution in [1.82, 2.24) is 5.32 Å². The van der Waals surface area contributed by atoms with Crippen LogP contribution in [0.1, 0.15) is 31.1 Å². The monoisotopic (exact) mass is 373 g/mol. The number of methoxy groups -OCH3 is 3. The van der Waals surface area contributed by atoms with E-state index in [0.717, 1.165) is 5.56 Å². The molecule has 6 heteroatoms. The quantitative estimate of drug-likeness (QED) is 0.744. The molecule has 0 aliphatic rings. The van der Waals surface area contributed by atoms with E-state index in [-0.39, 0.29) is 12.3 Å². The van der Waals surface area contributed by atoms with Gasteiger partial charge < -0.3 is 24.6 Å². The van der Waals surface area contributed by atoms with E-state index in [0.29, 0.717) is 22.8 Å². The number of ether oxygens (including phenoxy) is 3. The minimum atomic E-state index is -0.887. The number of rotatable bonds is 8. The van der Waals surface area contributed by atoms with Crippen LogP contribution >= 0.6 is 0 Å². The highest BCUT2D eigenvalue weighted by molar-refractivity contribution is 5.79. The third kappa shape index (κ3) is 5.14. The van der Waals surface area contributed by atoms with Crippen molar-refractivity contribution in [2.24, 2.45) is 0 Å². The van der Waals surface area contributed by atoms with Crippen LogP contribution in [-0.4, -0.2) is 37.9 Å². The number of amides is 1. The molecule has 146 valence electrons. The normalized spacial score (nSPS) is 12.2. The van der Waals surface area contributed by atoms with Crippen molar-refractivity contribution in [1.29, 1.82) is 0 Å². The molecule has 27 heavy (non-hydrogen) atoms. The molecule has 0 aromatic heterocycles. The Morgan fingerprint density at radius 1 is 1.04 bits per heavy atom. The number of hydrogen-bond acceptors (Lipinski definition) is 5. The highest BCUT2D eigenvalue weighted by Gasteiger charge is 2.31. The Kier molecular flexibility index (Phi) is 6.69. The molecule has 0 heterocycles. The van der Waals surface area contributed by atoms with Crippen LogP contribution in [0.2, 0.25) is 0 Å². The smallest absolute Gasteiger partial charge is 0.224 e. The first-order valence-corrected chi connectivity index (χ1v) is 8.64. The van der Waals surface area contributed by atoms with Crippen molar-refractivity contribution in [2.45, 2.75) is 31.9 Å². The molecule has 0 spiro atoms. The lowest BCUT2D eigenvalue weighted by atomic mass is 9.90. The van der Waals surface area contributed by atoms with Crippen LogP contribution in [0.3, 0.4) is 0 Å². The summed E-state index contributed by atoms with van der Waals surface area (Å²) >= 11 is 0. The molecule has 0 aliphatic heterocycles. The molecule has 0 saturated carbocycles. The summed E-state index contributed by atoms with van der Waals surface area (Å²) in [6, 6.07) is 12.5. The zero-order valence-corrected chi connectivity index (χ0v) is 16.4. The van der Waals surface area contributed by atoms with Gasteiger partial charge in [0.25, 0.3) is 0 Å². The van der Waals surface area contributed by atoms with Gasteiger partial charge in [0.15, 0.2) is 11.5 Å². The van der Waals surface area contributed by atoms with Crippen LogP contribution in [-0.2, 0) is 11.2 Å². The van der Waals surface area contributed by atoms with Crippen LogP contribution in [0.4, 0.5) is 0 Å². The lowest BCUT2D eigenvalue weighted by Crippen LogP contribution is -2.48. The van der Waals surface area contributed by atoms with Gasteiger partial charge in [-0.25, -0.2) is 0 Å². The third-order valence-corrected chi connectivity index (χ3v) is 4.37. The molecule has 0 aliphatic carbocycles. The van der Waals surface area contributed by atoms with Crippen LogP contribution < -0.4 is 19.5 Å². The fourth-order valence-corrected chi connectivity index (χ4v) is 2.88. The molecule has 0 fully saturated rings. The molecule has 2 aromatic carbocycles. The Morgan fingerprint density at radius 3 is 2.37 bits per heavy atom. The van der Waals surface area contributed by atoms with E-state index in [4.69, 9.17) is 14.2 Å². The molecule has 0 radical (unpaired) electrons. The van der Waals surface area contributed by atoms with Crippen molar-refractivity contribution in [3.05, 3.63) is 53.6 Å². The van der Waals surface area contributed by atoms with Crippen LogP contribution in [0.5, 0.6) is 17.2 Å². The van der Waals surface area contributed by atoms with Crippen molar-refractivity contribution in [3.8, 4) is 17.2 Å². The van der Waals surface area contributed by atoms with E-state index in [1.165, 1.54) is 0 Å². The average Bonchev–Trinajstić information content (AvgIpc) is 2.66. The Morgan fingerprint density at radius 2 is 1.74 bits per heavy atom. The van der Waals surface area contributed by atoms with Gasteiger partial charge in [0.05, 0.1) is 33.3 Å². The van der Waals surface area contributed by atoms with E-state index in [1.807, 2.05) is 6.07 Å². The molecule has 2 rings (SSSR count). The van der Waals surface area contributed by atoms with Gasteiger partial charge in [-0.2, -0.15) is 0 Å². The molecule has 1 amide bonds. The number of carbonyl (C=O) groups is 1. The standard InChI is InChI=1S/C21H27NO5/c1-21(2,20(24)15-7-6-8-16(13-15)25-3)22-19(23)12-14-9-10-17(26-4)18(11-14)27-5/h6-11,13,20,24H,12H2,1-5H3,(H,22,23)/t20-/m0/s1. The molecule has 2 aromatic rings. The van der Waals surface area contributed by atoms with E-state index in [9.17, 15) is 9.90 Å². The predicted octanol–water partition coefficient (Wildman–Crippen LogP) is 2.88. The van der Waals surface area contributed by atoms with Crippen LogP contribution in [0.25, 0.3) is 0 Å². The molecule has 0 saturated heterocycles. The maximum atomic E-state index is 12.5. The summed E-state index contributed by atoms with van der Waals surface area (Å²) in [5.41, 5.74) is 0.600. The van der Waals surface area contributed by atoms with Crippen LogP contribution in [0.15, 0.2) is 42.5 Å². The summed E-state index contributed by atoms with van der Waals surface area (Å²) in [5, 5.41) is 13.6. The highest BCUT2D eigenvalue weighted by atomic mass is 16.5. The first-order valence-electron chi connectivity index (χ1n) is 8.64. The summed E-state index contributed by atoms with van der Waals surface area (Å²) in [6.07, 6.45) is -0.726. The van der Waals surface area contributed by atoms with E-state index >= 15 is 0 Å². The molecule has 2 N–H and O–H groups in total. The molecule has 0 unspecified atom stereocenters. The zero-order chi connectivity index (χ0) is 20.0. The maximum absolute atomic E-state index is 12.5. The van der Waals surface area contributed by atoms with E-state index in [1.54, 1.807) is 71.6 Å². The molecular formula is C21H27NO5. The Bertz CT molecular complexity index is 788. The summed E-state index contributed by atoms with van der Waals surface area (Å²) in [4.78, 5) is 12.5. The second-order valence-electron chi connectivity index (χ2n) is 6.82. The topological polar surface area (TPSA) is 77.0 Å². The molecule has 6 nitrogen and oxygen atoms in total. The van der Waals surface area contributed by atoms with Crippen molar-refractivity contribution >= 4 is 5.91 Å². The minimum Gasteiger partial charge on any atom is -0.497 e. The van der Waals surface area contributed by atoms with Gasteiger partial charge in [-0.3, -0.25) is 4.79 Å². The SMILES string of the molecule is COc1cccc([C@H](O)C(C)(C)NC(=O)Cc2ccc(OC)c(OC)c2)c1.